The number of hydrogen-bond donors (Lipinski definition) is 1. The summed E-state index contributed by atoms with van der Waals surface area (Å²) < 4.78 is 0. The molecule has 0 fully saturated rings. The lowest BCUT2D eigenvalue weighted by Gasteiger charge is -2.17. The molecule has 0 atom stereocenters. The van der Waals surface area contributed by atoms with E-state index in [0.29, 0.717) is 5.56 Å². The summed E-state index contributed by atoms with van der Waals surface area (Å²) in [6.45, 7) is 6.39. The zero-order valence-electron chi connectivity index (χ0n) is 11.3. The minimum atomic E-state index is 0.00642. The SMILES string of the molecule is CC(C)(C)c1[nH]ncc1C=Cc1ccncc1C#N. The molecule has 2 rings (SSSR count). The Morgan fingerprint density at radius 3 is 2.63 bits per heavy atom. The number of H-pyrrole nitrogens is 1. The van der Waals surface area contributed by atoms with E-state index in [1.54, 1.807) is 18.6 Å². The lowest BCUT2D eigenvalue weighted by Crippen LogP contribution is -2.13. The van der Waals surface area contributed by atoms with Gasteiger partial charge in [-0.3, -0.25) is 10.1 Å². The molecule has 0 spiro atoms. The number of rotatable bonds is 2. The largest absolute Gasteiger partial charge is 0.281 e. The Kier molecular flexibility index (Phi) is 3.48. The van der Waals surface area contributed by atoms with Gasteiger partial charge < -0.3 is 0 Å². The van der Waals surface area contributed by atoms with Crippen molar-refractivity contribution < 1.29 is 0 Å². The van der Waals surface area contributed by atoms with Crippen LogP contribution in [0.4, 0.5) is 0 Å². The zero-order valence-corrected chi connectivity index (χ0v) is 11.3. The van der Waals surface area contributed by atoms with E-state index in [9.17, 15) is 0 Å². The second-order valence-corrected chi connectivity index (χ2v) is 5.36. The summed E-state index contributed by atoms with van der Waals surface area (Å²) in [5, 5.41) is 16.1. The summed E-state index contributed by atoms with van der Waals surface area (Å²) in [6.07, 6.45) is 8.94. The third-order valence-corrected chi connectivity index (χ3v) is 2.84. The normalized spacial score (nSPS) is 11.7. The van der Waals surface area contributed by atoms with Crippen LogP contribution in [0.1, 0.15) is 43.2 Å². The van der Waals surface area contributed by atoms with E-state index in [0.717, 1.165) is 16.8 Å². The molecule has 0 aliphatic heterocycles. The Bertz CT molecular complexity index is 639. The van der Waals surface area contributed by atoms with E-state index in [1.807, 2.05) is 18.2 Å². The van der Waals surface area contributed by atoms with Crippen molar-refractivity contribution in [3.8, 4) is 6.07 Å². The molecule has 0 unspecified atom stereocenters. The van der Waals surface area contributed by atoms with Crippen molar-refractivity contribution in [2.45, 2.75) is 26.2 Å². The second-order valence-electron chi connectivity index (χ2n) is 5.36. The minimum absolute atomic E-state index is 0.00642. The molecule has 0 aromatic carbocycles. The van der Waals surface area contributed by atoms with Crippen LogP contribution < -0.4 is 0 Å². The number of hydrogen-bond acceptors (Lipinski definition) is 3. The van der Waals surface area contributed by atoms with E-state index < -0.39 is 0 Å². The Morgan fingerprint density at radius 2 is 1.95 bits per heavy atom. The van der Waals surface area contributed by atoms with Gasteiger partial charge in [0, 0.05) is 29.1 Å². The molecule has 0 amide bonds. The molecule has 0 aliphatic carbocycles. The molecule has 0 saturated carbocycles. The van der Waals surface area contributed by atoms with Gasteiger partial charge in [0.15, 0.2) is 0 Å². The maximum Gasteiger partial charge on any atom is 0.101 e. The molecule has 4 nitrogen and oxygen atoms in total. The van der Waals surface area contributed by atoms with Crippen LogP contribution in [0.3, 0.4) is 0 Å². The van der Waals surface area contributed by atoms with Gasteiger partial charge in [-0.15, -0.1) is 0 Å². The maximum atomic E-state index is 9.02. The van der Waals surface area contributed by atoms with Crippen molar-refractivity contribution in [2.24, 2.45) is 0 Å². The third-order valence-electron chi connectivity index (χ3n) is 2.84. The summed E-state index contributed by atoms with van der Waals surface area (Å²) in [6, 6.07) is 3.96. The fourth-order valence-corrected chi connectivity index (χ4v) is 1.85. The average Bonchev–Trinajstić information content (AvgIpc) is 2.85. The van der Waals surface area contributed by atoms with Crippen LogP contribution in [0.5, 0.6) is 0 Å². The van der Waals surface area contributed by atoms with Crippen LogP contribution in [0.2, 0.25) is 0 Å². The fourth-order valence-electron chi connectivity index (χ4n) is 1.85. The highest BCUT2D eigenvalue weighted by Crippen LogP contribution is 2.24. The molecule has 1 N–H and O–H groups in total. The third kappa shape index (κ3) is 2.89. The van der Waals surface area contributed by atoms with Crippen molar-refractivity contribution in [3.63, 3.8) is 0 Å². The zero-order chi connectivity index (χ0) is 13.9. The summed E-state index contributed by atoms with van der Waals surface area (Å²) in [4.78, 5) is 3.94. The first-order valence-corrected chi connectivity index (χ1v) is 6.08. The lowest BCUT2D eigenvalue weighted by molar-refractivity contribution is 0.566. The van der Waals surface area contributed by atoms with Gasteiger partial charge in [0.25, 0.3) is 0 Å². The molecule has 96 valence electrons. The molecule has 0 bridgehead atoms. The highest BCUT2D eigenvalue weighted by atomic mass is 15.1. The van der Waals surface area contributed by atoms with E-state index in [2.05, 4.69) is 42.0 Å². The Labute approximate surface area is 112 Å². The summed E-state index contributed by atoms with van der Waals surface area (Å²) in [7, 11) is 0. The minimum Gasteiger partial charge on any atom is -0.281 e. The van der Waals surface area contributed by atoms with E-state index in [-0.39, 0.29) is 5.41 Å². The number of nitrogens with zero attached hydrogens (tertiary/aromatic N) is 3. The van der Waals surface area contributed by atoms with Crippen LogP contribution in [-0.4, -0.2) is 15.2 Å². The van der Waals surface area contributed by atoms with Crippen LogP contribution in [0.25, 0.3) is 12.2 Å². The highest BCUT2D eigenvalue weighted by Gasteiger charge is 2.18. The van der Waals surface area contributed by atoms with Gasteiger partial charge in [-0.1, -0.05) is 32.9 Å². The van der Waals surface area contributed by atoms with Gasteiger partial charge >= 0.3 is 0 Å². The predicted molar refractivity (Wildman–Crippen MR) is 75.2 cm³/mol. The Morgan fingerprint density at radius 1 is 1.21 bits per heavy atom. The Balaban J connectivity index is 2.35. The smallest absolute Gasteiger partial charge is 0.101 e. The first-order valence-electron chi connectivity index (χ1n) is 6.08. The number of nitriles is 1. The topological polar surface area (TPSA) is 65.4 Å². The van der Waals surface area contributed by atoms with Crippen molar-refractivity contribution in [1.82, 2.24) is 15.2 Å². The van der Waals surface area contributed by atoms with Crippen molar-refractivity contribution >= 4 is 12.2 Å². The molecule has 2 heterocycles. The van der Waals surface area contributed by atoms with Crippen LogP contribution in [0, 0.1) is 11.3 Å². The van der Waals surface area contributed by atoms with Crippen molar-refractivity contribution in [2.75, 3.05) is 0 Å². The van der Waals surface area contributed by atoms with Crippen LogP contribution in [0.15, 0.2) is 24.7 Å². The van der Waals surface area contributed by atoms with Crippen molar-refractivity contribution in [3.05, 3.63) is 47.0 Å². The van der Waals surface area contributed by atoms with E-state index in [1.165, 1.54) is 0 Å². The van der Waals surface area contributed by atoms with Crippen LogP contribution in [-0.2, 0) is 5.41 Å². The molecule has 4 heteroatoms. The quantitative estimate of drug-likeness (QED) is 0.892. The molecule has 0 radical (unpaired) electrons. The first kappa shape index (κ1) is 13.0. The standard InChI is InChI=1S/C15H16N4/c1-15(2,3)14-12(10-18-19-14)5-4-11-6-7-17-9-13(11)8-16/h4-7,9-10H,1-3H3,(H,18,19). The number of pyridine rings is 1. The second kappa shape index (κ2) is 5.07. The molecule has 2 aromatic heterocycles. The van der Waals surface area contributed by atoms with Gasteiger partial charge in [0.05, 0.1) is 11.8 Å². The highest BCUT2D eigenvalue weighted by molar-refractivity contribution is 5.73. The predicted octanol–water partition coefficient (Wildman–Crippen LogP) is 3.14. The van der Waals surface area contributed by atoms with Gasteiger partial charge in [-0.25, -0.2) is 0 Å². The number of aromatic nitrogens is 3. The molecular formula is C15H16N4. The average molecular weight is 252 g/mol. The molecular weight excluding hydrogens is 236 g/mol. The molecule has 2 aromatic rings. The first-order chi connectivity index (χ1) is 9.02. The summed E-state index contributed by atoms with van der Waals surface area (Å²) in [5.41, 5.74) is 3.55. The van der Waals surface area contributed by atoms with Crippen molar-refractivity contribution in [1.29, 1.82) is 5.26 Å². The van der Waals surface area contributed by atoms with E-state index in [4.69, 9.17) is 5.26 Å². The number of nitrogens with one attached hydrogen (secondary N) is 1. The molecule has 0 saturated heterocycles. The number of aromatic amines is 1. The van der Waals surface area contributed by atoms with Gasteiger partial charge in [-0.05, 0) is 11.6 Å². The Hall–Kier alpha value is -2.41. The van der Waals surface area contributed by atoms with Gasteiger partial charge in [0.1, 0.15) is 6.07 Å². The monoisotopic (exact) mass is 252 g/mol. The van der Waals surface area contributed by atoms with Gasteiger partial charge in [-0.2, -0.15) is 10.4 Å². The van der Waals surface area contributed by atoms with E-state index >= 15 is 0 Å². The summed E-state index contributed by atoms with van der Waals surface area (Å²) in [5.74, 6) is 0. The fraction of sp³-hybridized carbons (Fsp3) is 0.267. The maximum absolute atomic E-state index is 9.02. The molecule has 0 aliphatic rings. The molecule has 19 heavy (non-hydrogen) atoms. The van der Waals surface area contributed by atoms with Gasteiger partial charge in [0.2, 0.25) is 0 Å². The summed E-state index contributed by atoms with van der Waals surface area (Å²) >= 11 is 0. The van der Waals surface area contributed by atoms with Crippen LogP contribution >= 0.6 is 0 Å². The lowest BCUT2D eigenvalue weighted by atomic mass is 9.89.